The van der Waals surface area contributed by atoms with E-state index in [1.807, 2.05) is 0 Å². The van der Waals surface area contributed by atoms with Crippen molar-refractivity contribution < 1.29 is 24.2 Å². The van der Waals surface area contributed by atoms with Crippen LogP contribution < -0.4 is 10.1 Å². The number of rotatable bonds is 4. The quantitative estimate of drug-likeness (QED) is 0.869. The Bertz CT molecular complexity index is 694. The Morgan fingerprint density at radius 1 is 1.29 bits per heavy atom. The Morgan fingerprint density at radius 2 is 2.04 bits per heavy atom. The van der Waals surface area contributed by atoms with Gasteiger partial charge < -0.3 is 19.9 Å². The lowest BCUT2D eigenvalue weighted by Gasteiger charge is -2.37. The number of nitrogens with one attached hydrogen (secondary N) is 1. The van der Waals surface area contributed by atoms with Crippen molar-refractivity contribution in [2.24, 2.45) is 0 Å². The summed E-state index contributed by atoms with van der Waals surface area (Å²) in [6, 6.07) is 5.21. The Kier molecular flexibility index (Phi) is 4.78. The van der Waals surface area contributed by atoms with Crippen molar-refractivity contribution in [3.05, 3.63) is 34.4 Å². The first-order chi connectivity index (χ1) is 11.5. The maximum Gasteiger partial charge on any atom is 0.305 e. The van der Waals surface area contributed by atoms with Crippen LogP contribution in [0.3, 0.4) is 0 Å². The van der Waals surface area contributed by atoms with Gasteiger partial charge in [-0.3, -0.25) is 9.59 Å². The van der Waals surface area contributed by atoms with E-state index in [1.165, 1.54) is 0 Å². The molecule has 0 atom stereocenters. The van der Waals surface area contributed by atoms with E-state index in [4.69, 9.17) is 26.2 Å². The Labute approximate surface area is 144 Å². The maximum absolute atomic E-state index is 12.6. The van der Waals surface area contributed by atoms with Gasteiger partial charge >= 0.3 is 5.97 Å². The molecule has 24 heavy (non-hydrogen) atoms. The van der Waals surface area contributed by atoms with Crippen molar-refractivity contribution in [3.63, 3.8) is 0 Å². The van der Waals surface area contributed by atoms with Crippen molar-refractivity contribution >= 4 is 29.6 Å². The molecule has 6 nitrogen and oxygen atoms in total. The van der Waals surface area contributed by atoms with Crippen LogP contribution in [0.15, 0.2) is 23.8 Å². The molecule has 0 aromatic heterocycles. The highest BCUT2D eigenvalue weighted by Crippen LogP contribution is 2.30. The topological polar surface area (TPSA) is 84.9 Å². The number of hydrogen-bond donors (Lipinski definition) is 2. The van der Waals surface area contributed by atoms with Crippen molar-refractivity contribution in [3.8, 4) is 5.75 Å². The van der Waals surface area contributed by atoms with Crippen LogP contribution in [0, 0.1) is 0 Å². The lowest BCUT2D eigenvalue weighted by molar-refractivity contribution is -0.140. The van der Waals surface area contributed by atoms with E-state index in [2.05, 4.69) is 5.32 Å². The SMILES string of the molecule is O=C(O)CC1(NC(=O)C2=Cc3cc(Cl)ccc3OC2)CCOCC1. The summed E-state index contributed by atoms with van der Waals surface area (Å²) in [5.41, 5.74) is 0.399. The molecule has 0 unspecified atom stereocenters. The maximum atomic E-state index is 12.6. The predicted molar refractivity (Wildman–Crippen MR) is 88.1 cm³/mol. The highest BCUT2D eigenvalue weighted by Gasteiger charge is 2.37. The van der Waals surface area contributed by atoms with Crippen LogP contribution in [0.1, 0.15) is 24.8 Å². The van der Waals surface area contributed by atoms with Gasteiger partial charge in [0.15, 0.2) is 0 Å². The summed E-state index contributed by atoms with van der Waals surface area (Å²) in [4.78, 5) is 23.8. The zero-order valence-corrected chi connectivity index (χ0v) is 13.8. The highest BCUT2D eigenvalue weighted by atomic mass is 35.5. The third kappa shape index (κ3) is 3.71. The van der Waals surface area contributed by atoms with Gasteiger partial charge in [0.25, 0.3) is 5.91 Å². The van der Waals surface area contributed by atoms with Crippen LogP contribution in [-0.2, 0) is 14.3 Å². The van der Waals surface area contributed by atoms with E-state index >= 15 is 0 Å². The minimum absolute atomic E-state index is 0.126. The first-order valence-corrected chi connectivity index (χ1v) is 8.10. The molecule has 1 aromatic carbocycles. The Balaban J connectivity index is 1.79. The van der Waals surface area contributed by atoms with Crippen LogP contribution in [0.2, 0.25) is 5.02 Å². The second-order valence-corrected chi connectivity index (χ2v) is 6.49. The molecular weight excluding hydrogens is 334 g/mol. The second-order valence-electron chi connectivity index (χ2n) is 6.06. The molecule has 0 radical (unpaired) electrons. The van der Waals surface area contributed by atoms with Gasteiger partial charge in [-0.1, -0.05) is 11.6 Å². The van der Waals surface area contributed by atoms with Crippen LogP contribution in [0.25, 0.3) is 6.08 Å². The average Bonchev–Trinajstić information content (AvgIpc) is 2.54. The Morgan fingerprint density at radius 3 is 2.75 bits per heavy atom. The molecule has 1 fully saturated rings. The number of ether oxygens (including phenoxy) is 2. The van der Waals surface area contributed by atoms with E-state index in [9.17, 15) is 9.59 Å². The number of amides is 1. The van der Waals surface area contributed by atoms with E-state index in [-0.39, 0.29) is 18.9 Å². The molecule has 0 bridgehead atoms. The third-order valence-electron chi connectivity index (χ3n) is 4.29. The van der Waals surface area contributed by atoms with Crippen molar-refractivity contribution in [1.82, 2.24) is 5.32 Å². The number of carbonyl (C=O) groups excluding carboxylic acids is 1. The third-order valence-corrected chi connectivity index (χ3v) is 4.53. The fraction of sp³-hybridized carbons (Fsp3) is 0.412. The molecule has 1 aromatic rings. The first kappa shape index (κ1) is 16.8. The van der Waals surface area contributed by atoms with Gasteiger partial charge in [-0.15, -0.1) is 0 Å². The van der Waals surface area contributed by atoms with Gasteiger partial charge in [-0.25, -0.2) is 0 Å². The number of halogens is 1. The number of hydrogen-bond acceptors (Lipinski definition) is 4. The fourth-order valence-electron chi connectivity index (χ4n) is 3.00. The lowest BCUT2D eigenvalue weighted by atomic mass is 9.86. The minimum Gasteiger partial charge on any atom is -0.488 e. The number of carboxylic acid groups (broad SMARTS) is 1. The Hall–Kier alpha value is -2.05. The van der Waals surface area contributed by atoms with E-state index in [1.54, 1.807) is 24.3 Å². The average molecular weight is 352 g/mol. The summed E-state index contributed by atoms with van der Waals surface area (Å²) >= 11 is 5.97. The summed E-state index contributed by atoms with van der Waals surface area (Å²) in [5.74, 6) is -0.589. The molecule has 2 heterocycles. The van der Waals surface area contributed by atoms with Crippen LogP contribution in [0.4, 0.5) is 0 Å². The zero-order chi connectivity index (χ0) is 17.2. The normalized spacial score (nSPS) is 18.8. The van der Waals surface area contributed by atoms with Gasteiger partial charge in [0, 0.05) is 23.8 Å². The van der Waals surface area contributed by atoms with Gasteiger partial charge in [-0.2, -0.15) is 0 Å². The molecule has 1 amide bonds. The van der Waals surface area contributed by atoms with Gasteiger partial charge in [0.1, 0.15) is 12.4 Å². The minimum atomic E-state index is -0.941. The molecule has 2 aliphatic rings. The molecular formula is C17H18ClNO5. The van der Waals surface area contributed by atoms with Crippen LogP contribution >= 0.6 is 11.6 Å². The number of aliphatic carboxylic acids is 1. The van der Waals surface area contributed by atoms with Crippen molar-refractivity contribution in [2.75, 3.05) is 19.8 Å². The van der Waals surface area contributed by atoms with E-state index < -0.39 is 11.5 Å². The summed E-state index contributed by atoms with van der Waals surface area (Å²) in [6.45, 7) is 1.00. The number of benzene rings is 1. The molecule has 2 N–H and O–H groups in total. The van der Waals surface area contributed by atoms with Crippen molar-refractivity contribution in [1.29, 1.82) is 0 Å². The highest BCUT2D eigenvalue weighted by molar-refractivity contribution is 6.30. The fourth-order valence-corrected chi connectivity index (χ4v) is 3.18. The summed E-state index contributed by atoms with van der Waals surface area (Å²) in [5, 5.41) is 12.6. The monoisotopic (exact) mass is 351 g/mol. The summed E-state index contributed by atoms with van der Waals surface area (Å²) < 4.78 is 10.9. The molecule has 3 rings (SSSR count). The largest absolute Gasteiger partial charge is 0.488 e. The number of carbonyl (C=O) groups is 2. The molecule has 0 saturated carbocycles. The van der Waals surface area contributed by atoms with Crippen molar-refractivity contribution in [2.45, 2.75) is 24.8 Å². The molecule has 7 heteroatoms. The summed E-state index contributed by atoms with van der Waals surface area (Å²) in [7, 11) is 0. The molecule has 2 aliphatic heterocycles. The van der Waals surface area contributed by atoms with E-state index in [0.717, 1.165) is 5.56 Å². The second kappa shape index (κ2) is 6.83. The summed E-state index contributed by atoms with van der Waals surface area (Å²) in [6.07, 6.45) is 2.55. The molecule has 0 spiro atoms. The molecule has 0 aliphatic carbocycles. The lowest BCUT2D eigenvalue weighted by Crippen LogP contribution is -2.54. The van der Waals surface area contributed by atoms with Gasteiger partial charge in [0.05, 0.1) is 17.5 Å². The number of carboxylic acids is 1. The van der Waals surface area contributed by atoms with Gasteiger partial charge in [-0.05, 0) is 37.1 Å². The smallest absolute Gasteiger partial charge is 0.305 e. The van der Waals surface area contributed by atoms with Crippen LogP contribution in [-0.4, -0.2) is 42.3 Å². The number of fused-ring (bicyclic) bond motifs is 1. The standard InChI is InChI=1S/C17H18ClNO5/c18-13-1-2-14-11(8-13)7-12(10-24-14)16(22)19-17(9-15(20)21)3-5-23-6-4-17/h1-2,7-8H,3-6,9-10H2,(H,19,22)(H,20,21). The molecule has 1 saturated heterocycles. The van der Waals surface area contributed by atoms with Gasteiger partial charge in [0.2, 0.25) is 0 Å². The zero-order valence-electron chi connectivity index (χ0n) is 13.0. The molecule has 128 valence electrons. The first-order valence-electron chi connectivity index (χ1n) is 7.72. The van der Waals surface area contributed by atoms with E-state index in [0.29, 0.717) is 42.4 Å². The predicted octanol–water partition coefficient (Wildman–Crippen LogP) is 2.26. The van der Waals surface area contributed by atoms with Crippen LogP contribution in [0.5, 0.6) is 5.75 Å².